The molecule has 0 bridgehead atoms. The molecule has 1 unspecified atom stereocenters. The number of benzene rings is 1. The monoisotopic (exact) mass is 207 g/mol. The minimum absolute atomic E-state index is 0.0264. The normalized spacial score (nSPS) is 20.0. The fraction of sp³-hybridized carbons (Fsp3) is 0.538. The molecule has 2 heteroatoms. The second kappa shape index (κ2) is 4.75. The Balaban J connectivity index is 2.07. The summed E-state index contributed by atoms with van der Waals surface area (Å²) in [7, 11) is 0. The number of hydrogen-bond acceptors (Lipinski definition) is 1. The van der Waals surface area contributed by atoms with Gasteiger partial charge in [-0.1, -0.05) is 19.1 Å². The average Bonchev–Trinajstić information content (AvgIpc) is 2.26. The lowest BCUT2D eigenvalue weighted by Gasteiger charge is -2.25. The number of fused-ring (bicyclic) bond motifs is 1. The van der Waals surface area contributed by atoms with Crippen molar-refractivity contribution in [3.8, 4) is 0 Å². The highest BCUT2D eigenvalue weighted by Gasteiger charge is 2.19. The van der Waals surface area contributed by atoms with E-state index in [0.29, 0.717) is 6.04 Å². The van der Waals surface area contributed by atoms with Gasteiger partial charge in [0, 0.05) is 6.04 Å². The maximum atomic E-state index is 13.4. The molecule has 1 nitrogen and oxygen atoms in total. The molecule has 1 atom stereocenters. The van der Waals surface area contributed by atoms with Crippen molar-refractivity contribution in [2.24, 2.45) is 0 Å². The maximum absolute atomic E-state index is 13.4. The zero-order chi connectivity index (χ0) is 10.7. The van der Waals surface area contributed by atoms with Crippen LogP contribution in [0.3, 0.4) is 0 Å². The molecule has 1 N–H and O–H groups in total. The summed E-state index contributed by atoms with van der Waals surface area (Å²) < 4.78 is 13.4. The molecule has 1 aliphatic rings. The van der Waals surface area contributed by atoms with Crippen LogP contribution in [0, 0.1) is 5.82 Å². The minimum Gasteiger partial charge on any atom is -0.314 e. The first-order valence-corrected chi connectivity index (χ1v) is 5.81. The third-order valence-corrected chi connectivity index (χ3v) is 3.11. The van der Waals surface area contributed by atoms with E-state index >= 15 is 0 Å². The summed E-state index contributed by atoms with van der Waals surface area (Å²) in [6, 6.07) is 5.98. The van der Waals surface area contributed by atoms with E-state index in [9.17, 15) is 4.39 Å². The first-order valence-electron chi connectivity index (χ1n) is 5.81. The smallest absolute Gasteiger partial charge is 0.126 e. The van der Waals surface area contributed by atoms with Crippen LogP contribution >= 0.6 is 0 Å². The Morgan fingerprint density at radius 1 is 1.47 bits per heavy atom. The molecule has 2 rings (SSSR count). The summed E-state index contributed by atoms with van der Waals surface area (Å²) in [5.41, 5.74) is 2.13. The average molecular weight is 207 g/mol. The van der Waals surface area contributed by atoms with E-state index in [1.165, 1.54) is 5.56 Å². The van der Waals surface area contributed by atoms with Gasteiger partial charge in [-0.3, -0.25) is 0 Å². The lowest BCUT2D eigenvalue weighted by molar-refractivity contribution is 0.449. The quantitative estimate of drug-likeness (QED) is 0.803. The van der Waals surface area contributed by atoms with Crippen LogP contribution in [0.25, 0.3) is 0 Å². The molecule has 0 heterocycles. The van der Waals surface area contributed by atoms with E-state index in [2.05, 4.69) is 18.3 Å². The summed E-state index contributed by atoms with van der Waals surface area (Å²) in [6.45, 7) is 3.23. The van der Waals surface area contributed by atoms with Crippen molar-refractivity contribution < 1.29 is 4.39 Å². The highest BCUT2D eigenvalue weighted by molar-refractivity contribution is 5.31. The van der Waals surface area contributed by atoms with Crippen molar-refractivity contribution in [1.82, 2.24) is 5.32 Å². The van der Waals surface area contributed by atoms with Crippen LogP contribution in [0.4, 0.5) is 4.39 Å². The van der Waals surface area contributed by atoms with Gasteiger partial charge in [0.2, 0.25) is 0 Å². The molecule has 0 saturated carbocycles. The van der Waals surface area contributed by atoms with E-state index in [-0.39, 0.29) is 5.82 Å². The fourth-order valence-electron chi connectivity index (χ4n) is 2.28. The van der Waals surface area contributed by atoms with E-state index in [4.69, 9.17) is 0 Å². The topological polar surface area (TPSA) is 12.0 Å². The van der Waals surface area contributed by atoms with E-state index in [1.54, 1.807) is 6.07 Å². The van der Waals surface area contributed by atoms with Gasteiger partial charge in [0.25, 0.3) is 0 Å². The van der Waals surface area contributed by atoms with Gasteiger partial charge in [0.15, 0.2) is 0 Å². The second-order valence-corrected chi connectivity index (χ2v) is 4.27. The summed E-state index contributed by atoms with van der Waals surface area (Å²) in [5, 5.41) is 3.51. The van der Waals surface area contributed by atoms with Crippen LogP contribution in [-0.4, -0.2) is 12.6 Å². The van der Waals surface area contributed by atoms with Crippen molar-refractivity contribution in [3.63, 3.8) is 0 Å². The summed E-state index contributed by atoms with van der Waals surface area (Å²) >= 11 is 0. The van der Waals surface area contributed by atoms with E-state index in [1.807, 2.05) is 6.07 Å². The molecule has 0 aromatic heterocycles. The Hall–Kier alpha value is -0.890. The minimum atomic E-state index is -0.0264. The summed E-state index contributed by atoms with van der Waals surface area (Å²) in [4.78, 5) is 0. The van der Waals surface area contributed by atoms with Crippen LogP contribution in [0.1, 0.15) is 30.9 Å². The highest BCUT2D eigenvalue weighted by Crippen LogP contribution is 2.23. The standard InChI is InChI=1S/C13H18FN/c1-2-8-15-11-6-7-12-10(9-11)4-3-5-13(12)14/h3-5,11,15H,2,6-9H2,1H3. The third kappa shape index (κ3) is 2.37. The molecular formula is C13H18FN. The molecule has 0 radical (unpaired) electrons. The molecule has 0 saturated heterocycles. The first kappa shape index (κ1) is 10.6. The van der Waals surface area contributed by atoms with Crippen molar-refractivity contribution in [3.05, 3.63) is 35.1 Å². The van der Waals surface area contributed by atoms with Gasteiger partial charge < -0.3 is 5.32 Å². The van der Waals surface area contributed by atoms with Crippen LogP contribution in [0.2, 0.25) is 0 Å². The van der Waals surface area contributed by atoms with Crippen LogP contribution in [-0.2, 0) is 12.8 Å². The molecule has 0 fully saturated rings. The molecule has 1 aromatic rings. The third-order valence-electron chi connectivity index (χ3n) is 3.11. The molecule has 1 aromatic carbocycles. The van der Waals surface area contributed by atoms with E-state index < -0.39 is 0 Å². The summed E-state index contributed by atoms with van der Waals surface area (Å²) in [5.74, 6) is -0.0264. The predicted molar refractivity (Wildman–Crippen MR) is 60.5 cm³/mol. The lowest BCUT2D eigenvalue weighted by Crippen LogP contribution is -2.35. The number of rotatable bonds is 3. The zero-order valence-corrected chi connectivity index (χ0v) is 9.22. The first-order chi connectivity index (χ1) is 7.31. The Morgan fingerprint density at radius 3 is 3.13 bits per heavy atom. The Bertz CT molecular complexity index is 335. The van der Waals surface area contributed by atoms with Gasteiger partial charge in [0.1, 0.15) is 5.82 Å². The fourth-order valence-corrected chi connectivity index (χ4v) is 2.28. The maximum Gasteiger partial charge on any atom is 0.126 e. The number of hydrogen-bond donors (Lipinski definition) is 1. The van der Waals surface area contributed by atoms with Gasteiger partial charge >= 0.3 is 0 Å². The molecule has 1 aliphatic carbocycles. The van der Waals surface area contributed by atoms with E-state index in [0.717, 1.165) is 37.8 Å². The molecule has 0 amide bonds. The van der Waals surface area contributed by atoms with Gasteiger partial charge in [0.05, 0.1) is 0 Å². The van der Waals surface area contributed by atoms with Gasteiger partial charge in [-0.2, -0.15) is 0 Å². The zero-order valence-electron chi connectivity index (χ0n) is 9.22. The molecule has 82 valence electrons. The summed E-state index contributed by atoms with van der Waals surface area (Å²) in [6.07, 6.45) is 4.08. The van der Waals surface area contributed by atoms with Crippen molar-refractivity contribution in [1.29, 1.82) is 0 Å². The molecule has 0 spiro atoms. The van der Waals surface area contributed by atoms with Crippen LogP contribution < -0.4 is 5.32 Å². The Kier molecular flexibility index (Phi) is 3.37. The number of halogens is 1. The number of nitrogens with one attached hydrogen (secondary N) is 1. The Labute approximate surface area is 90.7 Å². The van der Waals surface area contributed by atoms with Crippen LogP contribution in [0.5, 0.6) is 0 Å². The second-order valence-electron chi connectivity index (χ2n) is 4.27. The molecule has 15 heavy (non-hydrogen) atoms. The molecular weight excluding hydrogens is 189 g/mol. The van der Waals surface area contributed by atoms with Crippen molar-refractivity contribution in [2.75, 3.05) is 6.54 Å². The predicted octanol–water partition coefficient (Wildman–Crippen LogP) is 2.68. The van der Waals surface area contributed by atoms with Gasteiger partial charge in [-0.25, -0.2) is 4.39 Å². The SMILES string of the molecule is CCCNC1CCc2c(F)cccc2C1. The largest absolute Gasteiger partial charge is 0.314 e. The van der Waals surface area contributed by atoms with Crippen LogP contribution in [0.15, 0.2) is 18.2 Å². The van der Waals surface area contributed by atoms with Gasteiger partial charge in [-0.15, -0.1) is 0 Å². The molecule has 0 aliphatic heterocycles. The van der Waals surface area contributed by atoms with Gasteiger partial charge in [-0.05, 0) is 49.4 Å². The van der Waals surface area contributed by atoms with Crippen molar-refractivity contribution in [2.45, 2.75) is 38.6 Å². The Morgan fingerprint density at radius 2 is 2.33 bits per heavy atom. The van der Waals surface area contributed by atoms with Crippen molar-refractivity contribution >= 4 is 0 Å². The lowest BCUT2D eigenvalue weighted by atomic mass is 9.88. The highest BCUT2D eigenvalue weighted by atomic mass is 19.1.